The average Bonchev–Trinajstić information content (AvgIpc) is 1.56. The molecule has 66 valence electrons. The molecule has 0 N–H and O–H groups in total. The molecule has 0 aliphatic heterocycles. The Labute approximate surface area is 74.6 Å². The predicted octanol–water partition coefficient (Wildman–Crippen LogP) is -0.228. The first-order valence-electron chi connectivity index (χ1n) is 2.07. The molecule has 8 heteroatoms. The van der Waals surface area contributed by atoms with E-state index in [-0.39, 0.29) is 18.9 Å². The molecule has 0 saturated carbocycles. The van der Waals surface area contributed by atoms with Crippen LogP contribution in [-0.4, -0.2) is 12.4 Å². The standard InChI is InChI=1S/C4F7.Li/c5-1-2(3(6,7)8)4(9,10)11;/q-1;+1. The maximum Gasteiger partial charge on any atom is 1.00 e. The van der Waals surface area contributed by atoms with Gasteiger partial charge in [-0.05, 0) is 5.57 Å². The Morgan fingerprint density at radius 2 is 1.08 bits per heavy atom. The molecule has 0 aromatic rings. The molecule has 0 heterocycles. The van der Waals surface area contributed by atoms with Crippen molar-refractivity contribution in [1.29, 1.82) is 0 Å². The molecule has 0 atom stereocenters. The minimum Gasteiger partial charge on any atom is -0.457 e. The van der Waals surface area contributed by atoms with E-state index < -0.39 is 24.3 Å². The van der Waals surface area contributed by atoms with Crippen molar-refractivity contribution in [1.82, 2.24) is 0 Å². The normalized spacial score (nSPS) is 11.9. The Hall–Kier alpha value is -0.153. The Morgan fingerprint density at radius 1 is 0.833 bits per heavy atom. The molecule has 0 spiro atoms. The van der Waals surface area contributed by atoms with E-state index >= 15 is 0 Å². The van der Waals surface area contributed by atoms with Crippen LogP contribution in [0.4, 0.5) is 30.7 Å². The van der Waals surface area contributed by atoms with Gasteiger partial charge < -0.3 is 4.39 Å². The summed E-state index contributed by atoms with van der Waals surface area (Å²) in [6.45, 7) is 0. The molecular weight excluding hydrogens is 188 g/mol. The van der Waals surface area contributed by atoms with Crippen LogP contribution in [0.2, 0.25) is 0 Å². The number of rotatable bonds is 0. The van der Waals surface area contributed by atoms with Crippen LogP contribution in [-0.2, 0) is 0 Å². The van der Waals surface area contributed by atoms with Crippen LogP contribution >= 0.6 is 0 Å². The molecule has 0 rings (SSSR count). The topological polar surface area (TPSA) is 0 Å². The van der Waals surface area contributed by atoms with E-state index in [0.29, 0.717) is 0 Å². The fourth-order valence-corrected chi connectivity index (χ4v) is 0.268. The van der Waals surface area contributed by atoms with Crippen molar-refractivity contribution in [2.45, 2.75) is 12.4 Å². The second-order valence-electron chi connectivity index (χ2n) is 1.47. The SMILES string of the molecule is F[C-]=C(C(F)(F)F)C(F)(F)F.[Li+]. The Kier molecular flexibility index (Phi) is 5.02. The van der Waals surface area contributed by atoms with E-state index in [1.165, 1.54) is 0 Å². The second kappa shape index (κ2) is 4.19. The van der Waals surface area contributed by atoms with E-state index in [9.17, 15) is 30.7 Å². The maximum absolute atomic E-state index is 11.2. The van der Waals surface area contributed by atoms with Gasteiger partial charge in [0.05, 0.1) is 0 Å². The number of hydrogen-bond donors (Lipinski definition) is 0. The third-order valence-corrected chi connectivity index (χ3v) is 0.661. The quantitative estimate of drug-likeness (QED) is 0.280. The summed E-state index contributed by atoms with van der Waals surface area (Å²) < 4.78 is 77.9. The van der Waals surface area contributed by atoms with Crippen LogP contribution in [0.25, 0.3) is 0 Å². The van der Waals surface area contributed by atoms with Gasteiger partial charge in [-0.25, -0.2) is 0 Å². The van der Waals surface area contributed by atoms with Crippen LogP contribution in [0, 0.1) is 6.33 Å². The second-order valence-corrected chi connectivity index (χ2v) is 1.47. The molecule has 0 aromatic carbocycles. The van der Waals surface area contributed by atoms with E-state index in [4.69, 9.17) is 0 Å². The van der Waals surface area contributed by atoms with Crippen molar-refractivity contribution in [2.24, 2.45) is 0 Å². The summed E-state index contributed by atoms with van der Waals surface area (Å²) in [5.41, 5.74) is -3.26. The fraction of sp³-hybridized carbons (Fsp3) is 0.500. The summed E-state index contributed by atoms with van der Waals surface area (Å²) >= 11 is 0. The summed E-state index contributed by atoms with van der Waals surface area (Å²) in [5, 5.41) is 0. The van der Waals surface area contributed by atoms with Crippen LogP contribution in [0.5, 0.6) is 0 Å². The van der Waals surface area contributed by atoms with Crippen molar-refractivity contribution in [3.05, 3.63) is 11.9 Å². The molecule has 0 bridgehead atoms. The van der Waals surface area contributed by atoms with E-state index in [2.05, 4.69) is 0 Å². The predicted molar refractivity (Wildman–Crippen MR) is 20.0 cm³/mol. The number of hydrogen-bond acceptors (Lipinski definition) is 0. The number of alkyl halides is 6. The van der Waals surface area contributed by atoms with Gasteiger partial charge in [0.15, 0.2) is 0 Å². The minimum absolute atomic E-state index is 0. The van der Waals surface area contributed by atoms with Crippen molar-refractivity contribution in [2.75, 3.05) is 0 Å². The van der Waals surface area contributed by atoms with Crippen molar-refractivity contribution in [3.8, 4) is 0 Å². The zero-order chi connectivity index (χ0) is 9.28. The minimum atomic E-state index is -5.74. The van der Waals surface area contributed by atoms with Gasteiger partial charge in [-0.3, -0.25) is 6.33 Å². The van der Waals surface area contributed by atoms with Crippen molar-refractivity contribution < 1.29 is 49.6 Å². The van der Waals surface area contributed by atoms with Crippen LogP contribution < -0.4 is 18.9 Å². The molecule has 12 heavy (non-hydrogen) atoms. The first-order chi connectivity index (χ1) is 4.69. The van der Waals surface area contributed by atoms with Gasteiger partial charge >= 0.3 is 31.2 Å². The average molecular weight is 188 g/mol. The maximum atomic E-state index is 11.2. The van der Waals surface area contributed by atoms with E-state index in [1.807, 2.05) is 0 Å². The smallest absolute Gasteiger partial charge is 0.457 e. The molecule has 0 nitrogen and oxygen atoms in total. The Morgan fingerprint density at radius 3 is 1.08 bits per heavy atom. The van der Waals surface area contributed by atoms with Gasteiger partial charge in [-0.1, -0.05) is 0 Å². The Bertz CT molecular complexity index is 147. The van der Waals surface area contributed by atoms with Crippen LogP contribution in [0.15, 0.2) is 5.57 Å². The van der Waals surface area contributed by atoms with Crippen molar-refractivity contribution in [3.63, 3.8) is 0 Å². The van der Waals surface area contributed by atoms with E-state index in [0.717, 1.165) is 0 Å². The summed E-state index contributed by atoms with van der Waals surface area (Å²) in [4.78, 5) is 0. The van der Waals surface area contributed by atoms with Gasteiger partial charge in [-0.15, -0.1) is 0 Å². The third kappa shape index (κ3) is 4.02. The number of allylic oxidation sites excluding steroid dienone is 1. The first-order valence-corrected chi connectivity index (χ1v) is 2.07. The summed E-state index contributed by atoms with van der Waals surface area (Å²) in [6, 6.07) is 0. The zero-order valence-corrected chi connectivity index (χ0v) is 5.65. The van der Waals surface area contributed by atoms with Gasteiger partial charge in [0.1, 0.15) is 0 Å². The zero-order valence-electron chi connectivity index (χ0n) is 5.65. The third-order valence-electron chi connectivity index (χ3n) is 0.661. The van der Waals surface area contributed by atoms with Crippen LogP contribution in [0.1, 0.15) is 0 Å². The monoisotopic (exact) mass is 188 g/mol. The molecule has 0 aliphatic carbocycles. The van der Waals surface area contributed by atoms with Gasteiger partial charge in [-0.2, -0.15) is 26.3 Å². The summed E-state index contributed by atoms with van der Waals surface area (Å²) in [5.74, 6) is 0. The summed E-state index contributed by atoms with van der Waals surface area (Å²) in [6.07, 6.45) is -11.9. The first kappa shape index (κ1) is 14.4. The number of halogens is 7. The van der Waals surface area contributed by atoms with Gasteiger partial charge in [0.2, 0.25) is 0 Å². The molecule has 0 radical (unpaired) electrons. The molecule has 0 saturated heterocycles. The van der Waals surface area contributed by atoms with Gasteiger partial charge in [0, 0.05) is 0 Å². The summed E-state index contributed by atoms with van der Waals surface area (Å²) in [7, 11) is 0. The van der Waals surface area contributed by atoms with Crippen LogP contribution in [0.3, 0.4) is 0 Å². The molecule has 0 unspecified atom stereocenters. The molecular formula is C4F7Li. The Balaban J connectivity index is 0. The van der Waals surface area contributed by atoms with E-state index in [1.54, 1.807) is 0 Å². The molecule has 0 aromatic heterocycles. The fourth-order valence-electron chi connectivity index (χ4n) is 0.268. The molecule has 0 fully saturated rings. The van der Waals surface area contributed by atoms with Crippen molar-refractivity contribution >= 4 is 0 Å². The molecule has 0 amide bonds. The molecule has 0 aliphatic rings. The largest absolute Gasteiger partial charge is 1.00 e. The van der Waals surface area contributed by atoms with Gasteiger partial charge in [0.25, 0.3) is 0 Å².